The van der Waals surface area contributed by atoms with Crippen molar-refractivity contribution >= 4 is 21.6 Å². The number of aromatic nitrogens is 1. The third-order valence-electron chi connectivity index (χ3n) is 2.24. The predicted molar refractivity (Wildman–Crippen MR) is 69.8 cm³/mol. The third kappa shape index (κ3) is 2.86. The van der Waals surface area contributed by atoms with Crippen molar-refractivity contribution in [3.8, 4) is 17.6 Å². The van der Waals surface area contributed by atoms with Gasteiger partial charge in [0.25, 0.3) is 0 Å². The average Bonchev–Trinajstić information content (AvgIpc) is 2.41. The van der Waals surface area contributed by atoms with Crippen LogP contribution >= 0.6 is 15.9 Å². The number of rotatable bonds is 3. The number of ether oxygens (including phenoxy) is 1. The summed E-state index contributed by atoms with van der Waals surface area (Å²) < 4.78 is 6.04. The Kier molecular flexibility index (Phi) is 3.73. The Hall–Kier alpha value is -2.46. The maximum Gasteiger partial charge on any atom is 0.312 e. The predicted octanol–water partition coefficient (Wildman–Crippen LogP) is 3.42. The number of nitriles is 1. The van der Waals surface area contributed by atoms with Crippen LogP contribution in [0.1, 0.15) is 5.56 Å². The number of nitro benzene ring substituents is 1. The van der Waals surface area contributed by atoms with Crippen molar-refractivity contribution in [3.05, 3.63) is 56.8 Å². The lowest BCUT2D eigenvalue weighted by molar-refractivity contribution is -0.385. The Balaban J connectivity index is 2.43. The maximum absolute atomic E-state index is 11.0. The van der Waals surface area contributed by atoms with Gasteiger partial charge in [0.2, 0.25) is 5.75 Å². The number of nitro groups is 1. The van der Waals surface area contributed by atoms with Crippen molar-refractivity contribution in [2.45, 2.75) is 0 Å². The standard InChI is InChI=1S/C12H6BrN3O3/c13-9-7-15-4-3-11(9)19-12-2-1-8(6-14)5-10(12)16(17)18/h1-5,7H. The maximum atomic E-state index is 11.0. The van der Waals surface area contributed by atoms with Crippen LogP contribution in [0, 0.1) is 21.4 Å². The van der Waals surface area contributed by atoms with E-state index >= 15 is 0 Å². The quantitative estimate of drug-likeness (QED) is 0.638. The van der Waals surface area contributed by atoms with Crippen LogP contribution in [0.3, 0.4) is 0 Å². The normalized spacial score (nSPS) is 9.68. The smallest absolute Gasteiger partial charge is 0.312 e. The highest BCUT2D eigenvalue weighted by Crippen LogP contribution is 2.34. The van der Waals surface area contributed by atoms with Gasteiger partial charge in [-0.15, -0.1) is 0 Å². The molecule has 19 heavy (non-hydrogen) atoms. The zero-order valence-corrected chi connectivity index (χ0v) is 11.0. The van der Waals surface area contributed by atoms with E-state index in [-0.39, 0.29) is 17.0 Å². The SMILES string of the molecule is N#Cc1ccc(Oc2ccncc2Br)c([N+](=O)[O-])c1. The van der Waals surface area contributed by atoms with E-state index in [1.165, 1.54) is 30.6 Å². The molecule has 0 radical (unpaired) electrons. The molecule has 0 aliphatic rings. The summed E-state index contributed by atoms with van der Waals surface area (Å²) in [6.07, 6.45) is 3.03. The van der Waals surface area contributed by atoms with Gasteiger partial charge in [-0.3, -0.25) is 15.1 Å². The molecule has 94 valence electrons. The molecule has 0 aliphatic heterocycles. The summed E-state index contributed by atoms with van der Waals surface area (Å²) in [6, 6.07) is 7.44. The van der Waals surface area contributed by atoms with E-state index in [1.54, 1.807) is 6.07 Å². The summed E-state index contributed by atoms with van der Waals surface area (Å²) in [7, 11) is 0. The Morgan fingerprint density at radius 1 is 1.37 bits per heavy atom. The number of nitrogens with zero attached hydrogens (tertiary/aromatic N) is 3. The Labute approximate surface area is 116 Å². The zero-order valence-electron chi connectivity index (χ0n) is 9.41. The van der Waals surface area contributed by atoms with Crippen LogP contribution in [0.15, 0.2) is 41.1 Å². The lowest BCUT2D eigenvalue weighted by Gasteiger charge is -2.07. The molecular weight excluding hydrogens is 314 g/mol. The Morgan fingerprint density at radius 2 is 2.16 bits per heavy atom. The van der Waals surface area contributed by atoms with E-state index in [0.717, 1.165) is 0 Å². The van der Waals surface area contributed by atoms with Gasteiger partial charge in [-0.1, -0.05) is 0 Å². The second-order valence-corrected chi connectivity index (χ2v) is 4.31. The monoisotopic (exact) mass is 319 g/mol. The van der Waals surface area contributed by atoms with Gasteiger partial charge in [-0.05, 0) is 28.1 Å². The number of hydrogen-bond acceptors (Lipinski definition) is 5. The molecule has 6 nitrogen and oxygen atoms in total. The zero-order chi connectivity index (χ0) is 13.8. The van der Waals surface area contributed by atoms with E-state index < -0.39 is 4.92 Å². The highest BCUT2D eigenvalue weighted by Gasteiger charge is 2.17. The molecule has 0 saturated heterocycles. The first-order chi connectivity index (χ1) is 9.11. The van der Waals surface area contributed by atoms with Crippen LogP contribution in [0.4, 0.5) is 5.69 Å². The first kappa shape index (κ1) is 13.0. The fraction of sp³-hybridized carbons (Fsp3) is 0. The molecule has 0 amide bonds. The lowest BCUT2D eigenvalue weighted by atomic mass is 10.2. The second kappa shape index (κ2) is 5.46. The van der Waals surface area contributed by atoms with Gasteiger partial charge >= 0.3 is 5.69 Å². The molecule has 2 aromatic rings. The Bertz CT molecular complexity index is 682. The molecule has 0 aliphatic carbocycles. The van der Waals surface area contributed by atoms with Crippen LogP contribution < -0.4 is 4.74 Å². The van der Waals surface area contributed by atoms with Crippen molar-refractivity contribution in [1.29, 1.82) is 5.26 Å². The summed E-state index contributed by atoms with van der Waals surface area (Å²) in [6.45, 7) is 0. The molecule has 1 aromatic carbocycles. The molecule has 0 unspecified atom stereocenters. The number of benzene rings is 1. The van der Waals surface area contributed by atoms with Gasteiger partial charge in [0.15, 0.2) is 0 Å². The summed E-state index contributed by atoms with van der Waals surface area (Å²) in [5.41, 5.74) is -0.0596. The molecule has 1 aromatic heterocycles. The minimum absolute atomic E-state index is 0.0656. The van der Waals surface area contributed by atoms with Gasteiger partial charge in [0.1, 0.15) is 5.75 Å². The van der Waals surface area contributed by atoms with E-state index in [0.29, 0.717) is 10.2 Å². The molecule has 0 N–H and O–H groups in total. The fourth-order valence-electron chi connectivity index (χ4n) is 1.38. The molecule has 1 heterocycles. The van der Waals surface area contributed by atoms with Gasteiger partial charge in [0.05, 0.1) is 21.0 Å². The molecule has 0 fully saturated rings. The largest absolute Gasteiger partial charge is 0.449 e. The first-order valence-corrected chi connectivity index (χ1v) is 5.87. The Morgan fingerprint density at radius 3 is 2.79 bits per heavy atom. The van der Waals surface area contributed by atoms with E-state index in [2.05, 4.69) is 20.9 Å². The topological polar surface area (TPSA) is 89.0 Å². The van der Waals surface area contributed by atoms with Crippen molar-refractivity contribution in [2.24, 2.45) is 0 Å². The first-order valence-electron chi connectivity index (χ1n) is 5.07. The molecule has 0 atom stereocenters. The van der Waals surface area contributed by atoms with Gasteiger partial charge in [0, 0.05) is 24.5 Å². The van der Waals surface area contributed by atoms with Gasteiger partial charge in [-0.25, -0.2) is 0 Å². The molecule has 2 rings (SSSR count). The van der Waals surface area contributed by atoms with Crippen LogP contribution in [0.25, 0.3) is 0 Å². The summed E-state index contributed by atoms with van der Waals surface area (Å²) >= 11 is 3.23. The fourth-order valence-corrected chi connectivity index (χ4v) is 1.71. The number of halogens is 1. The minimum atomic E-state index is -0.592. The lowest BCUT2D eigenvalue weighted by Crippen LogP contribution is -1.95. The molecule has 0 spiro atoms. The highest BCUT2D eigenvalue weighted by molar-refractivity contribution is 9.10. The van der Waals surface area contributed by atoms with Crippen molar-refractivity contribution in [3.63, 3.8) is 0 Å². The van der Waals surface area contributed by atoms with Crippen molar-refractivity contribution in [1.82, 2.24) is 4.98 Å². The van der Waals surface area contributed by atoms with Crippen LogP contribution in [-0.2, 0) is 0 Å². The molecular formula is C12H6BrN3O3. The molecule has 0 saturated carbocycles. The summed E-state index contributed by atoms with van der Waals surface area (Å²) in [5, 5.41) is 19.7. The van der Waals surface area contributed by atoms with Crippen molar-refractivity contribution in [2.75, 3.05) is 0 Å². The van der Waals surface area contributed by atoms with Crippen LogP contribution in [-0.4, -0.2) is 9.91 Å². The van der Waals surface area contributed by atoms with Crippen LogP contribution in [0.2, 0.25) is 0 Å². The second-order valence-electron chi connectivity index (χ2n) is 3.46. The summed E-state index contributed by atoms with van der Waals surface area (Å²) in [5.74, 6) is 0.471. The van der Waals surface area contributed by atoms with E-state index in [9.17, 15) is 10.1 Å². The molecule has 0 bridgehead atoms. The van der Waals surface area contributed by atoms with Crippen molar-refractivity contribution < 1.29 is 9.66 Å². The minimum Gasteiger partial charge on any atom is -0.449 e. The van der Waals surface area contributed by atoms with E-state index in [4.69, 9.17) is 10.00 Å². The van der Waals surface area contributed by atoms with Gasteiger partial charge < -0.3 is 4.74 Å². The third-order valence-corrected chi connectivity index (χ3v) is 2.84. The summed E-state index contributed by atoms with van der Waals surface area (Å²) in [4.78, 5) is 14.2. The average molecular weight is 320 g/mol. The number of hydrogen-bond donors (Lipinski definition) is 0. The highest BCUT2D eigenvalue weighted by atomic mass is 79.9. The molecule has 7 heteroatoms. The number of pyridine rings is 1. The van der Waals surface area contributed by atoms with Crippen LogP contribution in [0.5, 0.6) is 11.5 Å². The van der Waals surface area contributed by atoms with Gasteiger partial charge in [-0.2, -0.15) is 5.26 Å². The van der Waals surface area contributed by atoms with E-state index in [1.807, 2.05) is 6.07 Å².